The SMILES string of the molecule is CCN(C(=O)CCc1cccc(N(C)C)c1)[C@H]1CCOC(C)(C)C1. The number of carbonyl (C=O) groups excluding carboxylic acids is 1. The highest BCUT2D eigenvalue weighted by molar-refractivity contribution is 5.76. The van der Waals surface area contributed by atoms with Crippen molar-refractivity contribution in [1.29, 1.82) is 0 Å². The highest BCUT2D eigenvalue weighted by Gasteiger charge is 2.33. The molecule has 0 radical (unpaired) electrons. The number of benzene rings is 1. The molecule has 0 bridgehead atoms. The maximum atomic E-state index is 12.8. The summed E-state index contributed by atoms with van der Waals surface area (Å²) < 4.78 is 5.79. The molecule has 1 aromatic carbocycles. The van der Waals surface area contributed by atoms with Crippen LogP contribution in [0.4, 0.5) is 5.69 Å². The van der Waals surface area contributed by atoms with Gasteiger partial charge in [-0.25, -0.2) is 0 Å². The van der Waals surface area contributed by atoms with Gasteiger partial charge >= 0.3 is 0 Å². The van der Waals surface area contributed by atoms with Gasteiger partial charge in [-0.3, -0.25) is 4.79 Å². The van der Waals surface area contributed by atoms with Gasteiger partial charge in [0.2, 0.25) is 5.91 Å². The van der Waals surface area contributed by atoms with Crippen molar-refractivity contribution in [3.8, 4) is 0 Å². The summed E-state index contributed by atoms with van der Waals surface area (Å²) in [5.74, 6) is 0.260. The van der Waals surface area contributed by atoms with Crippen LogP contribution in [-0.4, -0.2) is 49.7 Å². The first kappa shape index (κ1) is 18.8. The van der Waals surface area contributed by atoms with Gasteiger partial charge in [-0.05, 0) is 57.7 Å². The molecule has 0 saturated carbocycles. The summed E-state index contributed by atoms with van der Waals surface area (Å²) >= 11 is 0. The third-order valence-corrected chi connectivity index (χ3v) is 4.83. The van der Waals surface area contributed by atoms with Gasteiger partial charge in [-0.1, -0.05) is 12.1 Å². The Bertz CT molecular complexity index is 554. The van der Waals surface area contributed by atoms with Gasteiger partial charge in [0.25, 0.3) is 0 Å². The van der Waals surface area contributed by atoms with Crippen LogP contribution in [0, 0.1) is 0 Å². The molecular weight excluding hydrogens is 300 g/mol. The Morgan fingerprint density at radius 2 is 2.08 bits per heavy atom. The van der Waals surface area contributed by atoms with E-state index in [-0.39, 0.29) is 11.5 Å². The van der Waals surface area contributed by atoms with Crippen LogP contribution in [0.25, 0.3) is 0 Å². The van der Waals surface area contributed by atoms with Crippen molar-refractivity contribution in [1.82, 2.24) is 4.90 Å². The Morgan fingerprint density at radius 1 is 1.33 bits per heavy atom. The van der Waals surface area contributed by atoms with Crippen molar-refractivity contribution in [3.05, 3.63) is 29.8 Å². The Morgan fingerprint density at radius 3 is 2.71 bits per heavy atom. The first-order valence-corrected chi connectivity index (χ1v) is 9.02. The molecule has 1 aromatic rings. The molecule has 0 aromatic heterocycles. The van der Waals surface area contributed by atoms with Crippen LogP contribution in [-0.2, 0) is 16.0 Å². The van der Waals surface area contributed by atoms with Gasteiger partial charge in [0.1, 0.15) is 0 Å². The number of nitrogens with zero attached hydrogens (tertiary/aromatic N) is 2. The lowest BCUT2D eigenvalue weighted by atomic mass is 9.92. The van der Waals surface area contributed by atoms with E-state index in [0.29, 0.717) is 12.5 Å². The number of hydrogen-bond donors (Lipinski definition) is 0. The van der Waals surface area contributed by atoms with E-state index in [0.717, 1.165) is 32.4 Å². The summed E-state index contributed by atoms with van der Waals surface area (Å²) in [6.07, 6.45) is 3.23. The van der Waals surface area contributed by atoms with Gasteiger partial charge in [0, 0.05) is 45.4 Å². The normalized spacial score (nSPS) is 19.8. The predicted molar refractivity (Wildman–Crippen MR) is 99.5 cm³/mol. The van der Waals surface area contributed by atoms with E-state index in [2.05, 4.69) is 54.8 Å². The zero-order chi connectivity index (χ0) is 17.7. The van der Waals surface area contributed by atoms with Crippen molar-refractivity contribution in [2.75, 3.05) is 32.1 Å². The maximum absolute atomic E-state index is 12.8. The predicted octanol–water partition coefficient (Wildman–Crippen LogP) is 3.49. The van der Waals surface area contributed by atoms with E-state index in [9.17, 15) is 4.79 Å². The zero-order valence-electron chi connectivity index (χ0n) is 15.8. The summed E-state index contributed by atoms with van der Waals surface area (Å²) in [6.45, 7) is 7.82. The molecule has 1 aliphatic rings. The minimum atomic E-state index is -0.128. The minimum Gasteiger partial charge on any atom is -0.378 e. The fourth-order valence-corrected chi connectivity index (χ4v) is 3.49. The minimum absolute atomic E-state index is 0.128. The second kappa shape index (κ2) is 8.02. The molecule has 0 N–H and O–H groups in total. The quantitative estimate of drug-likeness (QED) is 0.799. The molecule has 0 aliphatic carbocycles. The summed E-state index contributed by atoms with van der Waals surface area (Å²) in [6, 6.07) is 8.73. The monoisotopic (exact) mass is 332 g/mol. The van der Waals surface area contributed by atoms with E-state index in [1.54, 1.807) is 0 Å². The maximum Gasteiger partial charge on any atom is 0.223 e. The number of aryl methyl sites for hydroxylation is 1. The molecule has 0 spiro atoms. The number of anilines is 1. The summed E-state index contributed by atoms with van der Waals surface area (Å²) in [7, 11) is 4.08. The van der Waals surface area contributed by atoms with E-state index < -0.39 is 0 Å². The molecule has 2 rings (SSSR count). The number of ether oxygens (including phenoxy) is 1. The van der Waals surface area contributed by atoms with Crippen molar-refractivity contribution in [2.45, 2.75) is 58.1 Å². The molecule has 134 valence electrons. The van der Waals surface area contributed by atoms with Crippen LogP contribution in [0.3, 0.4) is 0 Å². The molecular formula is C20H32N2O2. The first-order chi connectivity index (χ1) is 11.3. The van der Waals surface area contributed by atoms with Crippen molar-refractivity contribution < 1.29 is 9.53 Å². The topological polar surface area (TPSA) is 32.8 Å². The third-order valence-electron chi connectivity index (χ3n) is 4.83. The highest BCUT2D eigenvalue weighted by atomic mass is 16.5. The number of amides is 1. The van der Waals surface area contributed by atoms with E-state index in [1.807, 2.05) is 14.1 Å². The standard InChI is InChI=1S/C20H32N2O2/c1-6-22(18-12-13-24-20(2,3)15-18)19(23)11-10-16-8-7-9-17(14-16)21(4)5/h7-9,14,18H,6,10-13,15H2,1-5H3/t18-/m0/s1. The molecule has 1 aliphatic heterocycles. The molecule has 1 heterocycles. The molecule has 1 atom stereocenters. The van der Waals surface area contributed by atoms with E-state index in [4.69, 9.17) is 4.74 Å². The van der Waals surface area contributed by atoms with Crippen LogP contribution >= 0.6 is 0 Å². The zero-order valence-corrected chi connectivity index (χ0v) is 15.8. The summed E-state index contributed by atoms with van der Waals surface area (Å²) in [5, 5.41) is 0. The largest absolute Gasteiger partial charge is 0.378 e. The average Bonchev–Trinajstić information content (AvgIpc) is 2.53. The van der Waals surface area contributed by atoms with E-state index in [1.165, 1.54) is 11.3 Å². The Hall–Kier alpha value is -1.55. The molecule has 4 nitrogen and oxygen atoms in total. The molecule has 24 heavy (non-hydrogen) atoms. The van der Waals surface area contributed by atoms with Crippen LogP contribution in [0.15, 0.2) is 24.3 Å². The smallest absolute Gasteiger partial charge is 0.223 e. The second-order valence-electron chi connectivity index (χ2n) is 7.50. The van der Waals surface area contributed by atoms with Gasteiger partial charge in [-0.2, -0.15) is 0 Å². The summed E-state index contributed by atoms with van der Waals surface area (Å²) in [5.41, 5.74) is 2.27. The lowest BCUT2D eigenvalue weighted by Gasteiger charge is -2.41. The molecule has 1 saturated heterocycles. The van der Waals surface area contributed by atoms with Gasteiger partial charge in [0.15, 0.2) is 0 Å². The Kier molecular flexibility index (Phi) is 6.27. The van der Waals surface area contributed by atoms with Gasteiger partial charge in [0.05, 0.1) is 5.60 Å². The van der Waals surface area contributed by atoms with Gasteiger partial charge < -0.3 is 14.5 Å². The van der Waals surface area contributed by atoms with Crippen molar-refractivity contribution in [3.63, 3.8) is 0 Å². The number of carbonyl (C=O) groups is 1. The number of hydrogen-bond acceptors (Lipinski definition) is 3. The third kappa shape index (κ3) is 4.97. The van der Waals surface area contributed by atoms with Gasteiger partial charge in [-0.15, -0.1) is 0 Å². The van der Waals surface area contributed by atoms with Crippen LogP contribution in [0.5, 0.6) is 0 Å². The van der Waals surface area contributed by atoms with Crippen molar-refractivity contribution >= 4 is 11.6 Å². The lowest BCUT2D eigenvalue weighted by molar-refractivity contribution is -0.139. The molecule has 1 fully saturated rings. The highest BCUT2D eigenvalue weighted by Crippen LogP contribution is 2.28. The fourth-order valence-electron chi connectivity index (χ4n) is 3.49. The van der Waals surface area contributed by atoms with Crippen LogP contribution in [0.1, 0.15) is 45.6 Å². The van der Waals surface area contributed by atoms with Crippen molar-refractivity contribution in [2.24, 2.45) is 0 Å². The second-order valence-corrected chi connectivity index (χ2v) is 7.50. The lowest BCUT2D eigenvalue weighted by Crippen LogP contribution is -2.48. The fraction of sp³-hybridized carbons (Fsp3) is 0.650. The average molecular weight is 332 g/mol. The molecule has 1 amide bonds. The van der Waals surface area contributed by atoms with Crippen LogP contribution in [0.2, 0.25) is 0 Å². The molecule has 0 unspecified atom stereocenters. The number of rotatable bonds is 6. The van der Waals surface area contributed by atoms with Crippen LogP contribution < -0.4 is 4.90 Å². The van der Waals surface area contributed by atoms with E-state index >= 15 is 0 Å². The molecule has 4 heteroatoms. The summed E-state index contributed by atoms with van der Waals surface area (Å²) in [4.78, 5) is 16.9. The first-order valence-electron chi connectivity index (χ1n) is 9.02. The Balaban J connectivity index is 1.96. The Labute approximate surface area is 146 Å².